The molecule has 0 aliphatic carbocycles. The average Bonchev–Trinajstić information content (AvgIpc) is 2.57. The molecule has 5 nitrogen and oxygen atoms in total. The Hall–Kier alpha value is -2.96. The molecule has 0 fully saturated rings. The minimum absolute atomic E-state index is 0.155. The van der Waals surface area contributed by atoms with Gasteiger partial charge in [0.2, 0.25) is 0 Å². The normalized spacial score (nSPS) is 11.2. The van der Waals surface area contributed by atoms with Gasteiger partial charge < -0.3 is 4.74 Å². The molecule has 0 saturated heterocycles. The molecule has 2 aromatic rings. The second kappa shape index (κ2) is 7.29. The summed E-state index contributed by atoms with van der Waals surface area (Å²) in [7, 11) is 1.48. The third kappa shape index (κ3) is 3.60. The first-order valence-corrected chi connectivity index (χ1v) is 7.47. The molecule has 0 amide bonds. The Morgan fingerprint density at radius 2 is 1.80 bits per heavy atom. The van der Waals surface area contributed by atoms with Crippen LogP contribution in [0.3, 0.4) is 0 Å². The van der Waals surface area contributed by atoms with E-state index in [0.717, 1.165) is 21.3 Å². The van der Waals surface area contributed by atoms with E-state index in [1.165, 1.54) is 25.3 Å². The molecule has 7 heteroatoms. The first-order valence-electron chi connectivity index (χ1n) is 7.47. The fourth-order valence-corrected chi connectivity index (χ4v) is 2.44. The van der Waals surface area contributed by atoms with Crippen LogP contribution >= 0.6 is 0 Å². The summed E-state index contributed by atoms with van der Waals surface area (Å²) in [5, 5.41) is 0. The lowest BCUT2D eigenvalue weighted by atomic mass is 10.1. The van der Waals surface area contributed by atoms with Crippen LogP contribution in [-0.2, 0) is 12.5 Å². The van der Waals surface area contributed by atoms with Crippen LogP contribution in [0.4, 0.5) is 8.78 Å². The quantitative estimate of drug-likeness (QED) is 0.723. The number of methoxy groups -OCH3 is 1. The van der Waals surface area contributed by atoms with Gasteiger partial charge in [0.1, 0.15) is 5.75 Å². The third-order valence-electron chi connectivity index (χ3n) is 3.61. The lowest BCUT2D eigenvalue weighted by Crippen LogP contribution is -2.42. The number of hydrogen-bond donors (Lipinski definition) is 0. The van der Waals surface area contributed by atoms with Crippen LogP contribution in [0.15, 0.2) is 65.2 Å². The lowest BCUT2D eigenvalue weighted by molar-refractivity contribution is -0.0102. The van der Waals surface area contributed by atoms with Gasteiger partial charge in [-0.15, -0.1) is 13.2 Å². The minimum atomic E-state index is -3.39. The van der Waals surface area contributed by atoms with Crippen LogP contribution in [0.2, 0.25) is 0 Å². The highest BCUT2D eigenvalue weighted by atomic mass is 19.3. The van der Waals surface area contributed by atoms with E-state index in [4.69, 9.17) is 4.74 Å². The number of hydrogen-bond acceptors (Lipinski definition) is 3. The van der Waals surface area contributed by atoms with Crippen LogP contribution in [0.5, 0.6) is 5.75 Å². The van der Waals surface area contributed by atoms with E-state index in [1.807, 2.05) is 0 Å². The van der Waals surface area contributed by atoms with E-state index in [1.54, 1.807) is 12.1 Å². The van der Waals surface area contributed by atoms with Crippen molar-refractivity contribution in [1.29, 1.82) is 0 Å². The summed E-state index contributed by atoms with van der Waals surface area (Å²) in [6.45, 7) is 6.62. The van der Waals surface area contributed by atoms with Gasteiger partial charge in [0.15, 0.2) is 0 Å². The van der Waals surface area contributed by atoms with Crippen LogP contribution in [0.25, 0.3) is 5.69 Å². The molecule has 132 valence electrons. The molecular formula is C18H18F2N2O3. The second-order valence-corrected chi connectivity index (χ2v) is 5.28. The van der Waals surface area contributed by atoms with E-state index in [0.29, 0.717) is 5.75 Å². The summed E-state index contributed by atoms with van der Waals surface area (Å²) in [5.74, 6) is -2.85. The van der Waals surface area contributed by atoms with Crippen molar-refractivity contribution in [2.45, 2.75) is 18.9 Å². The number of allylic oxidation sites excluding steroid dienone is 2. The van der Waals surface area contributed by atoms with E-state index < -0.39 is 29.3 Å². The van der Waals surface area contributed by atoms with Crippen molar-refractivity contribution < 1.29 is 13.5 Å². The molecule has 2 rings (SSSR count). The molecule has 0 radical (unpaired) electrons. The van der Waals surface area contributed by atoms with Gasteiger partial charge in [-0.2, -0.15) is 8.78 Å². The van der Waals surface area contributed by atoms with Gasteiger partial charge in [-0.1, -0.05) is 12.2 Å². The lowest BCUT2D eigenvalue weighted by Gasteiger charge is -2.20. The predicted molar refractivity (Wildman–Crippen MR) is 91.8 cm³/mol. The van der Waals surface area contributed by atoms with Gasteiger partial charge in [-0.25, -0.2) is 9.36 Å². The van der Waals surface area contributed by atoms with E-state index in [-0.39, 0.29) is 12.2 Å². The smallest absolute Gasteiger partial charge is 0.336 e. The third-order valence-corrected chi connectivity index (χ3v) is 3.61. The Morgan fingerprint density at radius 3 is 2.32 bits per heavy atom. The van der Waals surface area contributed by atoms with Crippen molar-refractivity contribution in [1.82, 2.24) is 9.13 Å². The topological polar surface area (TPSA) is 53.2 Å². The standard InChI is InChI=1S/C18H18F2N2O3/c1-4-10-18(19,20)15-12-16(23)22(17(24)21(15)11-5-2)13-6-8-14(25-3)9-7-13/h4-9,12H,1-2,10-11H2,3H3. The Kier molecular flexibility index (Phi) is 5.36. The monoisotopic (exact) mass is 348 g/mol. The molecule has 0 spiro atoms. The van der Waals surface area contributed by atoms with Crippen molar-refractivity contribution >= 4 is 0 Å². The molecule has 0 bridgehead atoms. The molecule has 1 aromatic heterocycles. The summed E-state index contributed by atoms with van der Waals surface area (Å²) >= 11 is 0. The molecule has 1 heterocycles. The molecular weight excluding hydrogens is 330 g/mol. The van der Waals surface area contributed by atoms with Gasteiger partial charge in [0, 0.05) is 19.0 Å². The Bertz CT molecular complexity index is 896. The highest BCUT2D eigenvalue weighted by molar-refractivity contribution is 5.37. The van der Waals surface area contributed by atoms with Crippen LogP contribution in [0.1, 0.15) is 12.1 Å². The second-order valence-electron chi connectivity index (χ2n) is 5.28. The Morgan fingerprint density at radius 1 is 1.16 bits per heavy atom. The average molecular weight is 348 g/mol. The van der Waals surface area contributed by atoms with Crippen LogP contribution in [0, 0.1) is 0 Å². The van der Waals surface area contributed by atoms with Crippen LogP contribution in [-0.4, -0.2) is 16.2 Å². The highest BCUT2D eigenvalue weighted by Gasteiger charge is 2.34. The number of aromatic nitrogens is 2. The summed E-state index contributed by atoms with van der Waals surface area (Å²) in [6.07, 6.45) is 1.67. The molecule has 0 aliphatic heterocycles. The number of nitrogens with zero attached hydrogens (tertiary/aromatic N) is 2. The zero-order valence-electron chi connectivity index (χ0n) is 13.7. The molecule has 25 heavy (non-hydrogen) atoms. The summed E-state index contributed by atoms with van der Waals surface area (Å²) in [5.41, 5.74) is -2.11. The van der Waals surface area contributed by atoms with Crippen molar-refractivity contribution in [3.63, 3.8) is 0 Å². The number of alkyl halides is 2. The molecule has 0 saturated carbocycles. The Labute approximate surface area is 143 Å². The maximum Gasteiger partial charge on any atom is 0.336 e. The molecule has 0 N–H and O–H groups in total. The van der Waals surface area contributed by atoms with E-state index in [2.05, 4.69) is 13.2 Å². The molecule has 0 unspecified atom stereocenters. The van der Waals surface area contributed by atoms with E-state index >= 15 is 0 Å². The summed E-state index contributed by atoms with van der Waals surface area (Å²) < 4.78 is 35.3. The largest absolute Gasteiger partial charge is 0.497 e. The Balaban J connectivity index is 2.73. The maximum atomic E-state index is 14.3. The van der Waals surface area contributed by atoms with Gasteiger partial charge in [-0.05, 0) is 24.3 Å². The predicted octanol–water partition coefficient (Wildman–Crippen LogP) is 2.86. The minimum Gasteiger partial charge on any atom is -0.497 e. The van der Waals surface area contributed by atoms with Crippen molar-refractivity contribution in [2.75, 3.05) is 7.11 Å². The number of benzene rings is 1. The SMILES string of the molecule is C=CCn1c(C(F)(F)CC=C)cc(=O)n(-c2ccc(OC)cc2)c1=O. The van der Waals surface area contributed by atoms with Gasteiger partial charge in [0.05, 0.1) is 18.5 Å². The van der Waals surface area contributed by atoms with Crippen molar-refractivity contribution in [3.8, 4) is 11.4 Å². The van der Waals surface area contributed by atoms with Crippen molar-refractivity contribution in [2.24, 2.45) is 0 Å². The first kappa shape index (κ1) is 18.4. The molecule has 1 aromatic carbocycles. The zero-order valence-corrected chi connectivity index (χ0v) is 13.7. The zero-order chi connectivity index (χ0) is 18.6. The fourth-order valence-electron chi connectivity index (χ4n) is 2.44. The number of halogens is 2. The highest BCUT2D eigenvalue weighted by Crippen LogP contribution is 2.30. The van der Waals surface area contributed by atoms with Gasteiger partial charge in [-0.3, -0.25) is 9.36 Å². The molecule has 0 atom stereocenters. The molecule has 0 aliphatic rings. The van der Waals surface area contributed by atoms with Crippen LogP contribution < -0.4 is 16.0 Å². The fraction of sp³-hybridized carbons (Fsp3) is 0.222. The van der Waals surface area contributed by atoms with Gasteiger partial charge in [0.25, 0.3) is 11.5 Å². The van der Waals surface area contributed by atoms with E-state index in [9.17, 15) is 18.4 Å². The maximum absolute atomic E-state index is 14.3. The number of ether oxygens (including phenoxy) is 1. The van der Waals surface area contributed by atoms with Crippen molar-refractivity contribution in [3.05, 3.63) is 82.2 Å². The van der Waals surface area contributed by atoms with Gasteiger partial charge >= 0.3 is 5.69 Å². The first-order chi connectivity index (χ1) is 11.9. The number of rotatable bonds is 7. The summed E-state index contributed by atoms with van der Waals surface area (Å²) in [6, 6.07) is 6.92. The summed E-state index contributed by atoms with van der Waals surface area (Å²) in [4.78, 5) is 25.1.